The van der Waals surface area contributed by atoms with E-state index in [4.69, 9.17) is 9.47 Å². The number of aromatic hydroxyl groups is 1. The number of phenolic OH excluding ortho intramolecular Hbond substituents is 1. The molecule has 1 saturated heterocycles. The largest absolute Gasteiger partial charge is 0.508 e. The molecule has 274 valence electrons. The molecule has 0 aromatic heterocycles. The van der Waals surface area contributed by atoms with E-state index in [0.717, 1.165) is 14.0 Å². The first-order valence-electron chi connectivity index (χ1n) is 14.8. The number of hydrogen-bond acceptors (Lipinski definition) is 4. The predicted molar refractivity (Wildman–Crippen MR) is 156 cm³/mol. The maximum absolute atomic E-state index is 15.6. The van der Waals surface area contributed by atoms with Gasteiger partial charge in [-0.15, -0.1) is 0 Å². The van der Waals surface area contributed by atoms with Crippen molar-refractivity contribution < 1.29 is 72.1 Å². The zero-order valence-electron chi connectivity index (χ0n) is 26.1. The highest BCUT2D eigenvalue weighted by molar-refractivity contribution is 5.72. The fourth-order valence-corrected chi connectivity index (χ4v) is 6.23. The number of hydrogen-bond donors (Lipinski definition) is 1. The molecule has 3 aromatic carbocycles. The highest BCUT2D eigenvalue weighted by Gasteiger charge is 2.63. The van der Waals surface area contributed by atoms with Crippen LogP contribution >= 0.6 is 0 Å². The lowest BCUT2D eigenvalue weighted by Gasteiger charge is -2.44. The maximum Gasteiger partial charge on any atom is 0.416 e. The Morgan fingerprint density at radius 1 is 0.804 bits per heavy atom. The van der Waals surface area contributed by atoms with Gasteiger partial charge in [-0.2, -0.15) is 52.7 Å². The molecule has 1 fully saturated rings. The van der Waals surface area contributed by atoms with Crippen molar-refractivity contribution in [3.63, 3.8) is 0 Å². The SMILES string of the molecule is COc1ccc(-c2ccc(O)cc2)cc1C1C=CC(C(F)(F)F)=CC1(CN1C(=O)O[C@H](c2cc(C(F)(F)F)cc(C(F)(F)F)c2)[C@@H]1C)C(F)(F)F. The van der Waals surface area contributed by atoms with E-state index in [1.54, 1.807) is 0 Å². The quantitative estimate of drug-likeness (QED) is 0.256. The Labute approximate surface area is 281 Å². The molecule has 2 aliphatic rings. The minimum Gasteiger partial charge on any atom is -0.508 e. The summed E-state index contributed by atoms with van der Waals surface area (Å²) in [4.78, 5) is 13.5. The van der Waals surface area contributed by atoms with Gasteiger partial charge in [0, 0.05) is 18.0 Å². The molecule has 5 rings (SSSR count). The van der Waals surface area contributed by atoms with Crippen LogP contribution in [0.3, 0.4) is 0 Å². The zero-order valence-corrected chi connectivity index (χ0v) is 26.1. The smallest absolute Gasteiger partial charge is 0.416 e. The summed E-state index contributed by atoms with van der Waals surface area (Å²) in [5.74, 6) is -2.36. The molecule has 0 saturated carbocycles. The fraction of sp³-hybridized carbons (Fsp3) is 0.324. The molecule has 3 aromatic rings. The van der Waals surface area contributed by atoms with Gasteiger partial charge < -0.3 is 19.5 Å². The van der Waals surface area contributed by atoms with E-state index < -0.39 is 83.1 Å². The molecular formula is C34H25F12NO4. The molecule has 1 aliphatic carbocycles. The minimum atomic E-state index is -5.59. The van der Waals surface area contributed by atoms with Gasteiger partial charge in [0.2, 0.25) is 0 Å². The molecular weight excluding hydrogens is 714 g/mol. The van der Waals surface area contributed by atoms with E-state index >= 15 is 13.2 Å². The third-order valence-corrected chi connectivity index (χ3v) is 8.82. The van der Waals surface area contributed by atoms with Crippen LogP contribution in [0.4, 0.5) is 57.5 Å². The van der Waals surface area contributed by atoms with Crippen molar-refractivity contribution >= 4 is 6.09 Å². The van der Waals surface area contributed by atoms with Gasteiger partial charge in [-0.1, -0.05) is 36.4 Å². The first-order valence-corrected chi connectivity index (χ1v) is 14.8. The van der Waals surface area contributed by atoms with E-state index in [2.05, 4.69) is 0 Å². The van der Waals surface area contributed by atoms with Gasteiger partial charge in [0.15, 0.2) is 0 Å². The molecule has 0 bridgehead atoms. The summed E-state index contributed by atoms with van der Waals surface area (Å²) in [6.07, 6.45) is -24.2. The third kappa shape index (κ3) is 7.19. The number of carbonyl (C=O) groups is 1. The summed E-state index contributed by atoms with van der Waals surface area (Å²) in [5, 5.41) is 9.67. The lowest BCUT2D eigenvalue weighted by molar-refractivity contribution is -0.215. The number of nitrogens with zero attached hydrogens (tertiary/aromatic N) is 1. The van der Waals surface area contributed by atoms with Crippen LogP contribution in [-0.4, -0.2) is 48.1 Å². The van der Waals surface area contributed by atoms with Crippen LogP contribution in [0.2, 0.25) is 0 Å². The number of rotatable bonds is 6. The first-order chi connectivity index (χ1) is 23.5. The molecule has 1 aliphatic heterocycles. The van der Waals surface area contributed by atoms with Crippen molar-refractivity contribution in [1.82, 2.24) is 4.90 Å². The Bertz CT molecular complexity index is 1830. The molecule has 17 heteroatoms. The van der Waals surface area contributed by atoms with E-state index in [9.17, 15) is 49.4 Å². The van der Waals surface area contributed by atoms with Crippen molar-refractivity contribution in [3.05, 3.63) is 107 Å². The number of cyclic esters (lactones) is 1. The van der Waals surface area contributed by atoms with Gasteiger partial charge in [0.25, 0.3) is 0 Å². The standard InChI is InChI=1S/C34H25F12NO4/c1-17-28(20-11-22(32(38,39)40)14-23(12-20)33(41,42)43)51-29(49)47(17)16-30(34(44,45)46)15-21(31(35,36)37)6-9-26(30)25-13-19(5-10-27(25)50-2)18-3-7-24(48)8-4-18/h3-15,17,26,28,48H,16H2,1-2H3/t17-,26?,28-,30?/m0/s1. The van der Waals surface area contributed by atoms with Gasteiger partial charge in [0.1, 0.15) is 23.0 Å². The third-order valence-electron chi connectivity index (χ3n) is 8.82. The summed E-state index contributed by atoms with van der Waals surface area (Å²) in [7, 11) is 1.10. The number of methoxy groups -OCH3 is 1. The highest BCUT2D eigenvalue weighted by Crippen LogP contribution is 2.57. The van der Waals surface area contributed by atoms with Gasteiger partial charge in [0.05, 0.1) is 29.9 Å². The molecule has 0 spiro atoms. The van der Waals surface area contributed by atoms with Crippen LogP contribution in [0.1, 0.15) is 41.2 Å². The average molecular weight is 740 g/mol. The van der Waals surface area contributed by atoms with Crippen LogP contribution in [0.15, 0.2) is 84.5 Å². The van der Waals surface area contributed by atoms with Crippen LogP contribution in [-0.2, 0) is 17.1 Å². The van der Waals surface area contributed by atoms with Gasteiger partial charge in [-0.05, 0) is 66.1 Å². The van der Waals surface area contributed by atoms with Crippen molar-refractivity contribution in [3.8, 4) is 22.6 Å². The molecule has 0 radical (unpaired) electrons. The van der Waals surface area contributed by atoms with Crippen molar-refractivity contribution in [2.45, 2.75) is 49.7 Å². The fourth-order valence-electron chi connectivity index (χ4n) is 6.23. The Balaban J connectivity index is 1.66. The normalized spacial score (nSPS) is 22.9. The zero-order chi connectivity index (χ0) is 37.9. The summed E-state index contributed by atoms with van der Waals surface area (Å²) in [5.41, 5.74) is -9.38. The van der Waals surface area contributed by atoms with E-state index in [1.807, 2.05) is 0 Å². The van der Waals surface area contributed by atoms with Crippen LogP contribution in [0.25, 0.3) is 11.1 Å². The van der Waals surface area contributed by atoms with Crippen LogP contribution in [0.5, 0.6) is 11.5 Å². The number of carbonyl (C=O) groups excluding carboxylic acids is 1. The summed E-state index contributed by atoms with van der Waals surface area (Å²) in [6, 6.07) is 7.97. The molecule has 51 heavy (non-hydrogen) atoms. The highest BCUT2D eigenvalue weighted by atomic mass is 19.4. The van der Waals surface area contributed by atoms with Crippen molar-refractivity contribution in [1.29, 1.82) is 0 Å². The number of ether oxygens (including phenoxy) is 2. The van der Waals surface area contributed by atoms with Crippen molar-refractivity contribution in [2.24, 2.45) is 5.41 Å². The topological polar surface area (TPSA) is 59.0 Å². The molecule has 1 amide bonds. The summed E-state index contributed by atoms with van der Waals surface area (Å²) < 4.78 is 181. The number of phenols is 1. The van der Waals surface area contributed by atoms with Crippen LogP contribution in [0, 0.1) is 5.41 Å². The second kappa shape index (κ2) is 12.7. The molecule has 2 unspecified atom stereocenters. The van der Waals surface area contributed by atoms with Crippen molar-refractivity contribution in [2.75, 3.05) is 13.7 Å². The molecule has 4 atom stereocenters. The summed E-state index contributed by atoms with van der Waals surface area (Å²) >= 11 is 0. The Morgan fingerprint density at radius 2 is 1.37 bits per heavy atom. The maximum atomic E-state index is 15.6. The number of halogens is 12. The van der Waals surface area contributed by atoms with Gasteiger partial charge >= 0.3 is 30.8 Å². The number of allylic oxidation sites excluding steroid dienone is 3. The first kappa shape index (κ1) is 37.4. The lowest BCUT2D eigenvalue weighted by Crippen LogP contribution is -2.52. The Kier molecular flexibility index (Phi) is 9.35. The van der Waals surface area contributed by atoms with Crippen LogP contribution < -0.4 is 4.74 Å². The Hall–Kier alpha value is -4.83. The predicted octanol–water partition coefficient (Wildman–Crippen LogP) is 10.4. The second-order valence-corrected chi connectivity index (χ2v) is 12.0. The molecule has 1 N–H and O–H groups in total. The second-order valence-electron chi connectivity index (χ2n) is 12.0. The van der Waals surface area contributed by atoms with Gasteiger partial charge in [-0.3, -0.25) is 0 Å². The average Bonchev–Trinajstić information content (AvgIpc) is 3.31. The van der Waals surface area contributed by atoms with E-state index in [0.29, 0.717) is 22.6 Å². The lowest BCUT2D eigenvalue weighted by atomic mass is 9.66. The molecule has 5 nitrogen and oxygen atoms in total. The van der Waals surface area contributed by atoms with E-state index in [1.165, 1.54) is 42.5 Å². The van der Waals surface area contributed by atoms with E-state index in [-0.39, 0.29) is 46.9 Å². The number of benzene rings is 3. The number of alkyl halides is 12. The summed E-state index contributed by atoms with van der Waals surface area (Å²) in [6.45, 7) is -0.611. The van der Waals surface area contributed by atoms with Gasteiger partial charge in [-0.25, -0.2) is 4.79 Å². The Morgan fingerprint density at radius 3 is 1.88 bits per heavy atom. The minimum absolute atomic E-state index is 0.0936. The monoisotopic (exact) mass is 739 g/mol. The molecule has 1 heterocycles. The number of amides is 1.